The van der Waals surface area contributed by atoms with E-state index in [1.165, 1.54) is 6.33 Å². The van der Waals surface area contributed by atoms with Gasteiger partial charge in [0.05, 0.1) is 12.7 Å². The van der Waals surface area contributed by atoms with Crippen molar-refractivity contribution in [1.82, 2.24) is 9.97 Å². The maximum absolute atomic E-state index is 9.25. The number of aromatic nitrogens is 2. The van der Waals surface area contributed by atoms with Crippen molar-refractivity contribution in [3.8, 4) is 5.88 Å². The molecule has 2 atom stereocenters. The smallest absolute Gasteiger partial charge is 0.218 e. The van der Waals surface area contributed by atoms with Crippen LogP contribution in [0.4, 0.5) is 5.82 Å². The van der Waals surface area contributed by atoms with Gasteiger partial charge >= 0.3 is 0 Å². The third kappa shape index (κ3) is 4.97. The van der Waals surface area contributed by atoms with Crippen molar-refractivity contribution in [3.63, 3.8) is 0 Å². The Hall–Kier alpha value is -1.40. The van der Waals surface area contributed by atoms with Crippen LogP contribution in [0.3, 0.4) is 0 Å². The fraction of sp³-hybridized carbons (Fsp3) is 0.636. The summed E-state index contributed by atoms with van der Waals surface area (Å²) in [6.07, 6.45) is 1.81. The van der Waals surface area contributed by atoms with Gasteiger partial charge in [-0.3, -0.25) is 0 Å². The van der Waals surface area contributed by atoms with E-state index in [2.05, 4.69) is 15.3 Å². The minimum atomic E-state index is -0.555. The number of rotatable bonds is 7. The van der Waals surface area contributed by atoms with Gasteiger partial charge < -0.3 is 20.9 Å². The minimum absolute atomic E-state index is 0.329. The molecule has 1 aromatic heterocycles. The lowest BCUT2D eigenvalue weighted by atomic mass is 10.2. The molecule has 6 nitrogen and oxygen atoms in total. The number of nitrogens with two attached hydrogens (primary N) is 1. The number of nitrogens with one attached hydrogen (secondary N) is 1. The summed E-state index contributed by atoms with van der Waals surface area (Å²) >= 11 is 0. The second kappa shape index (κ2) is 7.03. The van der Waals surface area contributed by atoms with Crippen molar-refractivity contribution >= 4 is 5.82 Å². The van der Waals surface area contributed by atoms with Crippen LogP contribution in [0, 0.1) is 0 Å². The predicted octanol–water partition coefficient (Wildman–Crippen LogP) is 0.385. The highest BCUT2D eigenvalue weighted by molar-refractivity contribution is 5.37. The van der Waals surface area contributed by atoms with Crippen LogP contribution in [0.1, 0.15) is 20.3 Å². The van der Waals surface area contributed by atoms with Crippen LogP contribution in [-0.2, 0) is 0 Å². The Labute approximate surface area is 101 Å². The highest BCUT2D eigenvalue weighted by Gasteiger charge is 2.09. The molecule has 96 valence electrons. The fourth-order valence-corrected chi connectivity index (χ4v) is 1.11. The molecule has 0 fully saturated rings. The summed E-state index contributed by atoms with van der Waals surface area (Å²) in [5.74, 6) is 1.18. The SMILES string of the molecule is CCCOc1cc(NCC(N)C(C)O)ncn1. The lowest BCUT2D eigenvalue weighted by molar-refractivity contribution is 0.168. The maximum Gasteiger partial charge on any atom is 0.218 e. The van der Waals surface area contributed by atoms with Gasteiger partial charge in [-0.05, 0) is 13.3 Å². The first-order chi connectivity index (χ1) is 8.13. The van der Waals surface area contributed by atoms with E-state index >= 15 is 0 Å². The fourth-order valence-electron chi connectivity index (χ4n) is 1.11. The lowest BCUT2D eigenvalue weighted by Crippen LogP contribution is -2.38. The molecular formula is C11H20N4O2. The molecule has 0 spiro atoms. The van der Waals surface area contributed by atoms with E-state index in [0.717, 1.165) is 6.42 Å². The third-order valence-electron chi connectivity index (χ3n) is 2.23. The van der Waals surface area contributed by atoms with Gasteiger partial charge in [-0.1, -0.05) is 6.92 Å². The van der Waals surface area contributed by atoms with Crippen LogP contribution in [0.25, 0.3) is 0 Å². The molecule has 0 aliphatic heterocycles. The summed E-state index contributed by atoms with van der Waals surface area (Å²) in [5, 5.41) is 12.3. The molecule has 1 aromatic rings. The Morgan fingerprint density at radius 2 is 2.29 bits per heavy atom. The summed E-state index contributed by atoms with van der Waals surface area (Å²) in [5.41, 5.74) is 5.70. The first-order valence-electron chi connectivity index (χ1n) is 5.75. The highest BCUT2D eigenvalue weighted by Crippen LogP contribution is 2.11. The van der Waals surface area contributed by atoms with Crippen LogP contribution in [-0.4, -0.2) is 40.4 Å². The molecule has 1 rings (SSSR count). The zero-order valence-electron chi connectivity index (χ0n) is 10.3. The lowest BCUT2D eigenvalue weighted by Gasteiger charge is -2.15. The first kappa shape index (κ1) is 13.7. The number of ether oxygens (including phenoxy) is 1. The summed E-state index contributed by atoms with van der Waals surface area (Å²) in [7, 11) is 0. The van der Waals surface area contributed by atoms with Gasteiger partial charge in [0.15, 0.2) is 0 Å². The molecule has 6 heteroatoms. The normalized spacial score (nSPS) is 14.1. The molecule has 17 heavy (non-hydrogen) atoms. The predicted molar refractivity (Wildman–Crippen MR) is 66.0 cm³/mol. The van der Waals surface area contributed by atoms with Gasteiger partial charge in [0, 0.05) is 18.7 Å². The average Bonchev–Trinajstić information content (AvgIpc) is 2.33. The van der Waals surface area contributed by atoms with Crippen LogP contribution >= 0.6 is 0 Å². The summed E-state index contributed by atoms with van der Waals surface area (Å²) in [4.78, 5) is 8.02. The van der Waals surface area contributed by atoms with Crippen LogP contribution < -0.4 is 15.8 Å². The summed E-state index contributed by atoms with van der Waals surface area (Å²) in [6.45, 7) is 4.76. The molecule has 0 radical (unpaired) electrons. The van der Waals surface area contributed by atoms with E-state index in [4.69, 9.17) is 10.5 Å². The zero-order chi connectivity index (χ0) is 12.7. The van der Waals surface area contributed by atoms with E-state index in [0.29, 0.717) is 24.8 Å². The standard InChI is InChI=1S/C11H20N4O2/c1-3-4-17-11-5-10(14-7-15-11)13-6-9(12)8(2)16/h5,7-9,16H,3-4,6,12H2,1-2H3,(H,13,14,15). The van der Waals surface area contributed by atoms with Gasteiger partial charge in [-0.25, -0.2) is 9.97 Å². The number of hydrogen-bond donors (Lipinski definition) is 3. The van der Waals surface area contributed by atoms with Gasteiger partial charge in [0.25, 0.3) is 0 Å². The van der Waals surface area contributed by atoms with Crippen LogP contribution in [0.2, 0.25) is 0 Å². The Morgan fingerprint density at radius 3 is 2.94 bits per heavy atom. The molecule has 0 amide bonds. The van der Waals surface area contributed by atoms with Gasteiger partial charge in [-0.15, -0.1) is 0 Å². The highest BCUT2D eigenvalue weighted by atomic mass is 16.5. The molecular weight excluding hydrogens is 220 g/mol. The Balaban J connectivity index is 2.48. The van der Waals surface area contributed by atoms with E-state index in [1.807, 2.05) is 6.92 Å². The molecule has 1 heterocycles. The van der Waals surface area contributed by atoms with Gasteiger partial charge in [-0.2, -0.15) is 0 Å². The van der Waals surface area contributed by atoms with E-state index in [9.17, 15) is 5.11 Å². The molecule has 0 bridgehead atoms. The van der Waals surface area contributed by atoms with Crippen molar-refractivity contribution in [1.29, 1.82) is 0 Å². The molecule has 2 unspecified atom stereocenters. The second-order valence-electron chi connectivity index (χ2n) is 3.88. The van der Waals surface area contributed by atoms with Crippen molar-refractivity contribution in [3.05, 3.63) is 12.4 Å². The van der Waals surface area contributed by atoms with Crippen molar-refractivity contribution in [2.45, 2.75) is 32.4 Å². The van der Waals surface area contributed by atoms with Crippen molar-refractivity contribution in [2.24, 2.45) is 5.73 Å². The summed E-state index contributed by atoms with van der Waals surface area (Å²) in [6, 6.07) is 1.38. The molecule has 0 aromatic carbocycles. The monoisotopic (exact) mass is 240 g/mol. The van der Waals surface area contributed by atoms with E-state index in [-0.39, 0.29) is 6.04 Å². The molecule has 4 N–H and O–H groups in total. The Bertz CT molecular complexity index is 333. The average molecular weight is 240 g/mol. The number of aliphatic hydroxyl groups is 1. The van der Waals surface area contributed by atoms with Crippen molar-refractivity contribution in [2.75, 3.05) is 18.5 Å². The van der Waals surface area contributed by atoms with Gasteiger partial charge in [0.1, 0.15) is 12.1 Å². The van der Waals surface area contributed by atoms with Crippen LogP contribution in [0.5, 0.6) is 5.88 Å². The molecule has 0 aliphatic carbocycles. The number of hydrogen-bond acceptors (Lipinski definition) is 6. The molecule has 0 saturated carbocycles. The molecule has 0 aliphatic rings. The number of nitrogens with zero attached hydrogens (tertiary/aromatic N) is 2. The minimum Gasteiger partial charge on any atom is -0.478 e. The molecule has 0 saturated heterocycles. The third-order valence-corrected chi connectivity index (χ3v) is 2.23. The van der Waals surface area contributed by atoms with Crippen LogP contribution in [0.15, 0.2) is 12.4 Å². The largest absolute Gasteiger partial charge is 0.478 e. The second-order valence-corrected chi connectivity index (χ2v) is 3.88. The van der Waals surface area contributed by atoms with E-state index < -0.39 is 6.10 Å². The Kier molecular flexibility index (Phi) is 5.65. The summed E-state index contributed by atoms with van der Waals surface area (Å²) < 4.78 is 5.38. The Morgan fingerprint density at radius 1 is 1.53 bits per heavy atom. The topological polar surface area (TPSA) is 93.3 Å². The first-order valence-corrected chi connectivity index (χ1v) is 5.75. The number of aliphatic hydroxyl groups excluding tert-OH is 1. The zero-order valence-corrected chi connectivity index (χ0v) is 10.3. The van der Waals surface area contributed by atoms with E-state index in [1.54, 1.807) is 13.0 Å². The maximum atomic E-state index is 9.25. The van der Waals surface area contributed by atoms with Gasteiger partial charge in [0.2, 0.25) is 5.88 Å². The van der Waals surface area contributed by atoms with Crippen molar-refractivity contribution < 1.29 is 9.84 Å². The number of anilines is 1. The quantitative estimate of drug-likeness (QED) is 0.638.